The molecule has 0 aromatic heterocycles. The Balaban J connectivity index is 1.94. The van der Waals surface area contributed by atoms with Gasteiger partial charge in [0.25, 0.3) is 0 Å². The maximum absolute atomic E-state index is 12.7. The lowest BCUT2D eigenvalue weighted by Gasteiger charge is -2.31. The maximum atomic E-state index is 12.7. The van der Waals surface area contributed by atoms with E-state index in [4.69, 9.17) is 5.11 Å². The molecule has 3 N–H and O–H groups in total. The number of aliphatic hydroxyl groups excluding tert-OH is 1. The van der Waals surface area contributed by atoms with Gasteiger partial charge in [0.05, 0.1) is 12.0 Å². The maximum Gasteiger partial charge on any atom is 0.318 e. The van der Waals surface area contributed by atoms with E-state index < -0.39 is 12.1 Å². The number of rotatable bonds is 7. The Kier molecular flexibility index (Phi) is 7.25. The summed E-state index contributed by atoms with van der Waals surface area (Å²) in [4.78, 5) is 25.3. The molecule has 1 unspecified atom stereocenters. The number of carbonyl (C=O) groups excluding carboxylic acids is 1. The summed E-state index contributed by atoms with van der Waals surface area (Å²) in [6, 6.07) is 9.49. The molecular formula is C19H28N2O4. The predicted molar refractivity (Wildman–Crippen MR) is 95.1 cm³/mol. The molecule has 1 aliphatic rings. The first-order valence-corrected chi connectivity index (χ1v) is 8.99. The number of carboxylic acids is 1. The molecule has 0 spiro atoms. The van der Waals surface area contributed by atoms with Crippen molar-refractivity contribution in [3.8, 4) is 0 Å². The van der Waals surface area contributed by atoms with E-state index >= 15 is 0 Å². The molecule has 2 amide bonds. The third-order valence-corrected chi connectivity index (χ3v) is 4.81. The largest absolute Gasteiger partial charge is 0.481 e. The van der Waals surface area contributed by atoms with Crippen molar-refractivity contribution in [1.29, 1.82) is 0 Å². The Hall–Kier alpha value is -2.08. The van der Waals surface area contributed by atoms with Gasteiger partial charge in [-0.2, -0.15) is 0 Å². The topological polar surface area (TPSA) is 89.9 Å². The van der Waals surface area contributed by atoms with Crippen LogP contribution in [-0.2, 0) is 11.3 Å². The molecule has 0 radical (unpaired) electrons. The normalized spacial score (nSPS) is 21.4. The SMILES string of the molecule is CCC(O)CN(Cc1ccccc1)C(=O)NC1CCC(C(=O)O)CC1. The molecule has 25 heavy (non-hydrogen) atoms. The number of aliphatic hydroxyl groups is 1. The van der Waals surface area contributed by atoms with Gasteiger partial charge in [-0.25, -0.2) is 4.79 Å². The fourth-order valence-corrected chi connectivity index (χ4v) is 3.16. The van der Waals surface area contributed by atoms with Crippen LogP contribution < -0.4 is 5.32 Å². The van der Waals surface area contributed by atoms with E-state index in [9.17, 15) is 14.7 Å². The average molecular weight is 348 g/mol. The van der Waals surface area contributed by atoms with Crippen LogP contribution >= 0.6 is 0 Å². The first kappa shape index (κ1) is 19.2. The highest BCUT2D eigenvalue weighted by Crippen LogP contribution is 2.24. The lowest BCUT2D eigenvalue weighted by Crippen LogP contribution is -2.48. The molecule has 2 rings (SSSR count). The van der Waals surface area contributed by atoms with Crippen LogP contribution in [0.4, 0.5) is 4.79 Å². The summed E-state index contributed by atoms with van der Waals surface area (Å²) in [5.41, 5.74) is 1.01. The smallest absolute Gasteiger partial charge is 0.318 e. The molecule has 1 aliphatic carbocycles. The van der Waals surface area contributed by atoms with Crippen LogP contribution in [0.2, 0.25) is 0 Å². The zero-order chi connectivity index (χ0) is 18.2. The van der Waals surface area contributed by atoms with Gasteiger partial charge in [-0.1, -0.05) is 37.3 Å². The van der Waals surface area contributed by atoms with Crippen LogP contribution in [0.3, 0.4) is 0 Å². The van der Waals surface area contributed by atoms with Crippen LogP contribution in [-0.4, -0.2) is 45.8 Å². The van der Waals surface area contributed by atoms with Gasteiger partial charge in [-0.15, -0.1) is 0 Å². The van der Waals surface area contributed by atoms with E-state index in [2.05, 4.69) is 5.32 Å². The quantitative estimate of drug-likeness (QED) is 0.706. The third kappa shape index (κ3) is 6.05. The number of hydrogen-bond donors (Lipinski definition) is 3. The number of urea groups is 1. The molecule has 1 atom stereocenters. The first-order chi connectivity index (χ1) is 12.0. The number of hydrogen-bond acceptors (Lipinski definition) is 3. The summed E-state index contributed by atoms with van der Waals surface area (Å²) < 4.78 is 0. The molecule has 1 aromatic carbocycles. The lowest BCUT2D eigenvalue weighted by atomic mass is 9.86. The van der Waals surface area contributed by atoms with Crippen molar-refractivity contribution >= 4 is 12.0 Å². The van der Waals surface area contributed by atoms with E-state index in [-0.39, 0.29) is 24.5 Å². The van der Waals surface area contributed by atoms with Crippen molar-refractivity contribution in [1.82, 2.24) is 10.2 Å². The molecular weight excluding hydrogens is 320 g/mol. The minimum absolute atomic E-state index is 0.000132. The fraction of sp³-hybridized carbons (Fsp3) is 0.579. The van der Waals surface area contributed by atoms with Gasteiger partial charge in [0.1, 0.15) is 0 Å². The summed E-state index contributed by atoms with van der Waals surface area (Å²) in [6.45, 7) is 2.60. The standard InChI is InChI=1S/C19H28N2O4/c1-2-17(22)13-21(12-14-6-4-3-5-7-14)19(25)20-16-10-8-15(9-11-16)18(23)24/h3-7,15-17,22H,2,8-13H2,1H3,(H,20,25)(H,23,24). The minimum Gasteiger partial charge on any atom is -0.481 e. The van der Waals surface area contributed by atoms with Gasteiger partial charge < -0.3 is 20.4 Å². The summed E-state index contributed by atoms with van der Waals surface area (Å²) >= 11 is 0. The molecule has 6 heteroatoms. The fourth-order valence-electron chi connectivity index (χ4n) is 3.16. The van der Waals surface area contributed by atoms with Crippen LogP contribution in [0.5, 0.6) is 0 Å². The monoisotopic (exact) mass is 348 g/mol. The van der Waals surface area contributed by atoms with Crippen molar-refractivity contribution in [2.75, 3.05) is 6.54 Å². The zero-order valence-corrected chi connectivity index (χ0v) is 14.7. The van der Waals surface area contributed by atoms with E-state index in [1.54, 1.807) is 4.90 Å². The molecule has 1 aromatic rings. The Morgan fingerprint density at radius 1 is 1.20 bits per heavy atom. The number of nitrogens with zero attached hydrogens (tertiary/aromatic N) is 1. The Morgan fingerprint density at radius 2 is 1.84 bits per heavy atom. The van der Waals surface area contributed by atoms with Gasteiger partial charge in [0, 0.05) is 19.1 Å². The number of aliphatic carboxylic acids is 1. The van der Waals surface area contributed by atoms with Gasteiger partial charge in [0.15, 0.2) is 0 Å². The van der Waals surface area contributed by atoms with Crippen LogP contribution in [0.25, 0.3) is 0 Å². The summed E-state index contributed by atoms with van der Waals surface area (Å²) in [7, 11) is 0. The number of nitrogens with one attached hydrogen (secondary N) is 1. The highest BCUT2D eigenvalue weighted by Gasteiger charge is 2.28. The third-order valence-electron chi connectivity index (χ3n) is 4.81. The second-order valence-electron chi connectivity index (χ2n) is 6.76. The molecule has 0 saturated heterocycles. The van der Waals surface area contributed by atoms with E-state index in [0.717, 1.165) is 5.56 Å². The van der Waals surface area contributed by atoms with Crippen LogP contribution in [0.15, 0.2) is 30.3 Å². The summed E-state index contributed by atoms with van der Waals surface area (Å²) in [6.07, 6.45) is 2.57. The molecule has 1 fully saturated rings. The van der Waals surface area contributed by atoms with E-state index in [0.29, 0.717) is 38.6 Å². The van der Waals surface area contributed by atoms with Gasteiger partial charge >= 0.3 is 12.0 Å². The summed E-state index contributed by atoms with van der Waals surface area (Å²) in [5.74, 6) is -1.04. The number of carbonyl (C=O) groups is 2. The second-order valence-corrected chi connectivity index (χ2v) is 6.76. The molecule has 6 nitrogen and oxygen atoms in total. The van der Waals surface area contributed by atoms with E-state index in [1.807, 2.05) is 37.3 Å². The Morgan fingerprint density at radius 3 is 2.40 bits per heavy atom. The Labute approximate surface area is 148 Å². The zero-order valence-electron chi connectivity index (χ0n) is 14.7. The highest BCUT2D eigenvalue weighted by molar-refractivity contribution is 5.75. The number of amides is 2. The van der Waals surface area contributed by atoms with Crippen LogP contribution in [0.1, 0.15) is 44.6 Å². The van der Waals surface area contributed by atoms with Gasteiger partial charge in [-0.05, 0) is 37.7 Å². The average Bonchev–Trinajstić information content (AvgIpc) is 2.62. The molecule has 1 saturated carbocycles. The second kappa shape index (κ2) is 9.42. The van der Waals surface area contributed by atoms with Crippen molar-refractivity contribution in [3.05, 3.63) is 35.9 Å². The predicted octanol–water partition coefficient (Wildman–Crippen LogP) is 2.61. The lowest BCUT2D eigenvalue weighted by molar-refractivity contribution is -0.142. The van der Waals surface area contributed by atoms with Crippen molar-refractivity contribution < 1.29 is 19.8 Å². The van der Waals surface area contributed by atoms with Gasteiger partial charge in [-0.3, -0.25) is 4.79 Å². The van der Waals surface area contributed by atoms with Crippen molar-refractivity contribution in [2.24, 2.45) is 5.92 Å². The highest BCUT2D eigenvalue weighted by atomic mass is 16.4. The van der Waals surface area contributed by atoms with E-state index in [1.165, 1.54) is 0 Å². The number of carboxylic acid groups (broad SMARTS) is 1. The van der Waals surface area contributed by atoms with Gasteiger partial charge in [0.2, 0.25) is 0 Å². The Bertz CT molecular complexity index is 556. The summed E-state index contributed by atoms with van der Waals surface area (Å²) in [5, 5.41) is 22.0. The van der Waals surface area contributed by atoms with Crippen molar-refractivity contribution in [2.45, 2.75) is 57.7 Å². The first-order valence-electron chi connectivity index (χ1n) is 8.99. The van der Waals surface area contributed by atoms with Crippen LogP contribution in [0, 0.1) is 5.92 Å². The molecule has 0 bridgehead atoms. The molecule has 0 aliphatic heterocycles. The number of benzene rings is 1. The van der Waals surface area contributed by atoms with Crippen molar-refractivity contribution in [3.63, 3.8) is 0 Å². The minimum atomic E-state index is -0.749. The molecule has 0 heterocycles. The molecule has 138 valence electrons.